The number of piperidine rings is 1. The topological polar surface area (TPSA) is 70.2 Å². The van der Waals surface area contributed by atoms with Crippen LogP contribution in [0.3, 0.4) is 0 Å². The highest BCUT2D eigenvalue weighted by atomic mass is 16.2. The van der Waals surface area contributed by atoms with Crippen LogP contribution in [0.1, 0.15) is 54.9 Å². The van der Waals surface area contributed by atoms with Crippen molar-refractivity contribution < 1.29 is 9.59 Å². The van der Waals surface area contributed by atoms with Gasteiger partial charge in [-0.25, -0.2) is 0 Å². The Bertz CT molecular complexity index is 634. The highest BCUT2D eigenvalue weighted by Crippen LogP contribution is 2.24. The lowest BCUT2D eigenvalue weighted by Crippen LogP contribution is -2.34. The molecule has 1 aliphatic heterocycles. The van der Waals surface area contributed by atoms with E-state index in [1.807, 2.05) is 19.1 Å². The maximum absolute atomic E-state index is 12.5. The van der Waals surface area contributed by atoms with Crippen LogP contribution in [0.2, 0.25) is 0 Å². The minimum Gasteiger partial charge on any atom is -0.349 e. The molecule has 2 atom stereocenters. The Morgan fingerprint density at radius 1 is 1.28 bits per heavy atom. The van der Waals surface area contributed by atoms with E-state index in [2.05, 4.69) is 22.9 Å². The minimum absolute atomic E-state index is 0.0286. The minimum atomic E-state index is -0.0559. The number of anilines is 1. The standard InChI is InChI=1S/C20H29N3O2/c1-13-5-6-15(20(25)22-17-7-8-17)11-18(13)23-19(24)10-14(2)16-4-3-9-21-12-16/h5-6,11,14,16-17,21H,3-4,7-10,12H2,1-2H3,(H,22,25)(H,23,24). The average Bonchev–Trinajstić information content (AvgIpc) is 3.41. The summed E-state index contributed by atoms with van der Waals surface area (Å²) in [7, 11) is 0. The third-order valence-corrected chi connectivity index (χ3v) is 5.33. The normalized spacial score (nSPS) is 21.4. The number of aryl methyl sites for hydroxylation is 1. The van der Waals surface area contributed by atoms with Gasteiger partial charge in [0.05, 0.1) is 0 Å². The molecule has 3 rings (SSSR count). The van der Waals surface area contributed by atoms with Gasteiger partial charge in [-0.2, -0.15) is 0 Å². The monoisotopic (exact) mass is 343 g/mol. The van der Waals surface area contributed by atoms with Crippen molar-refractivity contribution in [3.63, 3.8) is 0 Å². The van der Waals surface area contributed by atoms with Crippen molar-refractivity contribution in [1.29, 1.82) is 0 Å². The molecule has 0 aromatic heterocycles. The van der Waals surface area contributed by atoms with E-state index in [9.17, 15) is 9.59 Å². The van der Waals surface area contributed by atoms with E-state index in [0.29, 0.717) is 29.9 Å². The first-order chi connectivity index (χ1) is 12.0. The van der Waals surface area contributed by atoms with Gasteiger partial charge in [-0.1, -0.05) is 13.0 Å². The highest BCUT2D eigenvalue weighted by molar-refractivity contribution is 5.98. The largest absolute Gasteiger partial charge is 0.349 e. The van der Waals surface area contributed by atoms with Crippen LogP contribution < -0.4 is 16.0 Å². The summed E-state index contributed by atoms with van der Waals surface area (Å²) in [5.41, 5.74) is 2.32. The molecule has 1 aliphatic carbocycles. The van der Waals surface area contributed by atoms with Gasteiger partial charge in [-0.3, -0.25) is 9.59 Å². The average molecular weight is 343 g/mol. The van der Waals surface area contributed by atoms with Gasteiger partial charge in [0, 0.05) is 23.7 Å². The molecule has 3 N–H and O–H groups in total. The van der Waals surface area contributed by atoms with Gasteiger partial charge in [0.15, 0.2) is 0 Å². The molecule has 1 heterocycles. The summed E-state index contributed by atoms with van der Waals surface area (Å²) in [4.78, 5) is 24.7. The Kier molecular flexibility index (Phi) is 5.74. The lowest BCUT2D eigenvalue weighted by molar-refractivity contribution is -0.117. The quantitative estimate of drug-likeness (QED) is 0.744. The van der Waals surface area contributed by atoms with Gasteiger partial charge in [0.25, 0.3) is 5.91 Å². The van der Waals surface area contributed by atoms with Crippen molar-refractivity contribution in [2.24, 2.45) is 11.8 Å². The van der Waals surface area contributed by atoms with Crippen molar-refractivity contribution in [2.45, 2.75) is 52.0 Å². The summed E-state index contributed by atoms with van der Waals surface area (Å²) < 4.78 is 0. The fraction of sp³-hybridized carbons (Fsp3) is 0.600. The molecular formula is C20H29N3O2. The van der Waals surface area contributed by atoms with Crippen molar-refractivity contribution >= 4 is 17.5 Å². The molecule has 1 aromatic carbocycles. The Morgan fingerprint density at radius 3 is 2.76 bits per heavy atom. The molecule has 5 heteroatoms. The third kappa shape index (κ3) is 5.05. The molecule has 136 valence electrons. The number of hydrogen-bond acceptors (Lipinski definition) is 3. The van der Waals surface area contributed by atoms with Gasteiger partial charge in [0.1, 0.15) is 0 Å². The van der Waals surface area contributed by atoms with Crippen LogP contribution in [0.25, 0.3) is 0 Å². The third-order valence-electron chi connectivity index (χ3n) is 5.33. The zero-order valence-corrected chi connectivity index (χ0v) is 15.2. The predicted octanol–water partition coefficient (Wildman–Crippen LogP) is 2.85. The number of benzene rings is 1. The molecular weight excluding hydrogens is 314 g/mol. The van der Waals surface area contributed by atoms with Crippen LogP contribution in [-0.4, -0.2) is 30.9 Å². The molecule has 2 aliphatic rings. The van der Waals surface area contributed by atoms with Gasteiger partial charge < -0.3 is 16.0 Å². The van der Waals surface area contributed by atoms with E-state index >= 15 is 0 Å². The van der Waals surface area contributed by atoms with E-state index in [1.54, 1.807) is 6.07 Å². The summed E-state index contributed by atoms with van der Waals surface area (Å²) in [6, 6.07) is 5.83. The number of rotatable bonds is 6. The molecule has 5 nitrogen and oxygen atoms in total. The van der Waals surface area contributed by atoms with Gasteiger partial charge in [-0.05, 0) is 75.2 Å². The predicted molar refractivity (Wildman–Crippen MR) is 99.7 cm³/mol. The van der Waals surface area contributed by atoms with Crippen LogP contribution in [-0.2, 0) is 4.79 Å². The van der Waals surface area contributed by atoms with Crippen LogP contribution >= 0.6 is 0 Å². The summed E-state index contributed by atoms with van der Waals surface area (Å²) in [5, 5.41) is 9.40. The first-order valence-corrected chi connectivity index (χ1v) is 9.45. The van der Waals surface area contributed by atoms with Gasteiger partial charge in [0.2, 0.25) is 5.91 Å². The van der Waals surface area contributed by atoms with E-state index in [-0.39, 0.29) is 11.8 Å². The Hall–Kier alpha value is -1.88. The maximum atomic E-state index is 12.5. The SMILES string of the molecule is Cc1ccc(C(=O)NC2CC2)cc1NC(=O)CC(C)C1CCCNC1. The Labute approximate surface area is 150 Å². The first kappa shape index (κ1) is 17.9. The van der Waals surface area contributed by atoms with Crippen LogP contribution in [0.5, 0.6) is 0 Å². The van der Waals surface area contributed by atoms with Crippen LogP contribution in [0, 0.1) is 18.8 Å². The highest BCUT2D eigenvalue weighted by Gasteiger charge is 2.24. The fourth-order valence-electron chi connectivity index (χ4n) is 3.42. The number of carbonyl (C=O) groups is 2. The molecule has 25 heavy (non-hydrogen) atoms. The van der Waals surface area contributed by atoms with E-state index in [1.165, 1.54) is 12.8 Å². The number of hydrogen-bond donors (Lipinski definition) is 3. The van der Waals surface area contributed by atoms with Gasteiger partial charge >= 0.3 is 0 Å². The molecule has 0 bridgehead atoms. The molecule has 1 saturated heterocycles. The molecule has 2 fully saturated rings. The zero-order valence-electron chi connectivity index (χ0n) is 15.2. The van der Waals surface area contributed by atoms with Crippen molar-refractivity contribution in [1.82, 2.24) is 10.6 Å². The molecule has 2 unspecified atom stereocenters. The summed E-state index contributed by atoms with van der Waals surface area (Å²) >= 11 is 0. The number of amides is 2. The van der Waals surface area contributed by atoms with E-state index in [4.69, 9.17) is 0 Å². The lowest BCUT2D eigenvalue weighted by Gasteiger charge is -2.28. The molecule has 2 amide bonds. The molecule has 0 radical (unpaired) electrons. The second-order valence-electron chi connectivity index (χ2n) is 7.61. The van der Waals surface area contributed by atoms with Crippen molar-refractivity contribution in [3.05, 3.63) is 29.3 Å². The first-order valence-electron chi connectivity index (χ1n) is 9.45. The molecule has 1 aromatic rings. The van der Waals surface area contributed by atoms with E-state index in [0.717, 1.165) is 37.2 Å². The summed E-state index contributed by atoms with van der Waals surface area (Å²) in [5.74, 6) is 0.895. The molecule has 0 spiro atoms. The Morgan fingerprint density at radius 2 is 2.08 bits per heavy atom. The zero-order chi connectivity index (χ0) is 17.8. The number of carbonyl (C=O) groups excluding carboxylic acids is 2. The van der Waals surface area contributed by atoms with Crippen molar-refractivity contribution in [2.75, 3.05) is 18.4 Å². The van der Waals surface area contributed by atoms with Crippen LogP contribution in [0.15, 0.2) is 18.2 Å². The number of nitrogens with one attached hydrogen (secondary N) is 3. The van der Waals surface area contributed by atoms with E-state index < -0.39 is 0 Å². The second kappa shape index (κ2) is 8.00. The van der Waals surface area contributed by atoms with Crippen molar-refractivity contribution in [3.8, 4) is 0 Å². The Balaban J connectivity index is 1.58. The second-order valence-corrected chi connectivity index (χ2v) is 7.61. The maximum Gasteiger partial charge on any atom is 0.251 e. The molecule has 1 saturated carbocycles. The summed E-state index contributed by atoms with van der Waals surface area (Å²) in [6.07, 6.45) is 5.03. The fourth-order valence-corrected chi connectivity index (χ4v) is 3.42. The van der Waals surface area contributed by atoms with Gasteiger partial charge in [-0.15, -0.1) is 0 Å². The lowest BCUT2D eigenvalue weighted by atomic mass is 9.85. The summed E-state index contributed by atoms with van der Waals surface area (Å²) in [6.45, 7) is 6.20. The van der Waals surface area contributed by atoms with Crippen LogP contribution in [0.4, 0.5) is 5.69 Å². The smallest absolute Gasteiger partial charge is 0.251 e.